The van der Waals surface area contributed by atoms with Gasteiger partial charge in [-0.25, -0.2) is 4.79 Å². The lowest BCUT2D eigenvalue weighted by Gasteiger charge is -2.09. The van der Waals surface area contributed by atoms with Gasteiger partial charge in [-0.1, -0.05) is 12.1 Å². The van der Waals surface area contributed by atoms with Gasteiger partial charge in [-0.3, -0.25) is 0 Å². The molecule has 0 saturated heterocycles. The van der Waals surface area contributed by atoms with Crippen molar-refractivity contribution in [3.8, 4) is 11.5 Å². The summed E-state index contributed by atoms with van der Waals surface area (Å²) in [7, 11) is 0. The van der Waals surface area contributed by atoms with Crippen LogP contribution in [0.3, 0.4) is 0 Å². The molecule has 20 heavy (non-hydrogen) atoms. The Labute approximate surface area is 130 Å². The van der Waals surface area contributed by atoms with Gasteiger partial charge in [0.15, 0.2) is 0 Å². The zero-order valence-corrected chi connectivity index (χ0v) is 12.7. The number of hydrogen-bond acceptors (Lipinski definition) is 3. The summed E-state index contributed by atoms with van der Waals surface area (Å²) in [6, 6.07) is 14.0. The van der Waals surface area contributed by atoms with Crippen molar-refractivity contribution in [1.29, 1.82) is 0 Å². The molecule has 4 nitrogen and oxygen atoms in total. The molecule has 0 aliphatic rings. The zero-order chi connectivity index (χ0) is 14.4. The van der Waals surface area contributed by atoms with Crippen molar-refractivity contribution in [2.45, 2.75) is 0 Å². The maximum Gasteiger partial charge on any atom is 0.335 e. The molecule has 2 rings (SSSR count). The highest BCUT2D eigenvalue weighted by atomic mass is 127. The third-order valence-corrected chi connectivity index (χ3v) is 3.44. The zero-order valence-electron chi connectivity index (χ0n) is 10.6. The lowest BCUT2D eigenvalue weighted by Crippen LogP contribution is -2.09. The number of benzene rings is 2. The van der Waals surface area contributed by atoms with E-state index >= 15 is 0 Å². The van der Waals surface area contributed by atoms with Gasteiger partial charge in [-0.15, -0.1) is 0 Å². The summed E-state index contributed by atoms with van der Waals surface area (Å²) in [5.74, 6) is 0.512. The molecule has 0 atom stereocenters. The van der Waals surface area contributed by atoms with E-state index in [0.29, 0.717) is 19.0 Å². The monoisotopic (exact) mass is 384 g/mol. The van der Waals surface area contributed by atoms with Crippen LogP contribution in [0.2, 0.25) is 0 Å². The fourth-order valence-corrected chi connectivity index (χ4v) is 2.11. The second-order valence-electron chi connectivity index (χ2n) is 3.96. The summed E-state index contributed by atoms with van der Waals surface area (Å²) in [6.45, 7) is 0.831. The molecule has 5 heteroatoms. The van der Waals surface area contributed by atoms with E-state index in [9.17, 15) is 4.79 Å². The molecule has 2 aromatic carbocycles. The number of carboxylic acid groups (broad SMARTS) is 1. The molecule has 0 heterocycles. The van der Waals surface area contributed by atoms with Crippen LogP contribution in [0.1, 0.15) is 10.4 Å². The van der Waals surface area contributed by atoms with Gasteiger partial charge in [-0.2, -0.15) is 0 Å². The van der Waals surface area contributed by atoms with Crippen molar-refractivity contribution in [3.63, 3.8) is 0 Å². The first-order chi connectivity index (χ1) is 9.66. The molecule has 0 bridgehead atoms. The maximum absolute atomic E-state index is 10.7. The highest BCUT2D eigenvalue weighted by Gasteiger charge is 2.02. The fourth-order valence-electron chi connectivity index (χ4n) is 1.57. The molecular formula is C15H13IO4. The maximum atomic E-state index is 10.7. The number of halogens is 1. The number of hydrogen-bond donors (Lipinski definition) is 1. The van der Waals surface area contributed by atoms with Crippen molar-refractivity contribution < 1.29 is 19.4 Å². The van der Waals surface area contributed by atoms with Crippen LogP contribution < -0.4 is 9.47 Å². The second kappa shape index (κ2) is 7.14. The van der Waals surface area contributed by atoms with Gasteiger partial charge in [0.1, 0.15) is 24.7 Å². The molecule has 0 aliphatic carbocycles. The number of carbonyl (C=O) groups is 1. The minimum atomic E-state index is -0.946. The van der Waals surface area contributed by atoms with Crippen LogP contribution in [0.4, 0.5) is 0 Å². The minimum absolute atomic E-state index is 0.243. The summed E-state index contributed by atoms with van der Waals surface area (Å²) in [5.41, 5.74) is 0.243. The molecular weight excluding hydrogens is 371 g/mol. The Kier molecular flexibility index (Phi) is 5.23. The summed E-state index contributed by atoms with van der Waals surface area (Å²) >= 11 is 2.21. The van der Waals surface area contributed by atoms with Crippen molar-refractivity contribution in [1.82, 2.24) is 0 Å². The third-order valence-electron chi connectivity index (χ3n) is 2.55. The van der Waals surface area contributed by atoms with Crippen molar-refractivity contribution >= 4 is 28.6 Å². The van der Waals surface area contributed by atoms with Crippen LogP contribution >= 0.6 is 22.6 Å². The minimum Gasteiger partial charge on any atom is -0.490 e. The normalized spacial score (nSPS) is 10.1. The number of carboxylic acids is 1. The fraction of sp³-hybridized carbons (Fsp3) is 0.133. The Hall–Kier alpha value is -1.76. The average molecular weight is 384 g/mol. The van der Waals surface area contributed by atoms with E-state index in [1.165, 1.54) is 12.1 Å². The first kappa shape index (κ1) is 14.6. The molecule has 0 fully saturated rings. The van der Waals surface area contributed by atoms with E-state index in [-0.39, 0.29) is 5.56 Å². The van der Waals surface area contributed by atoms with Gasteiger partial charge in [0, 0.05) is 0 Å². The van der Waals surface area contributed by atoms with Gasteiger partial charge >= 0.3 is 5.97 Å². The largest absolute Gasteiger partial charge is 0.490 e. The Balaban J connectivity index is 1.79. The van der Waals surface area contributed by atoms with E-state index in [1.807, 2.05) is 24.3 Å². The molecule has 0 spiro atoms. The van der Waals surface area contributed by atoms with Crippen LogP contribution in [0.5, 0.6) is 11.5 Å². The van der Waals surface area contributed by atoms with Crippen LogP contribution in [-0.2, 0) is 0 Å². The number of rotatable bonds is 6. The summed E-state index contributed by atoms with van der Waals surface area (Å²) in [6.07, 6.45) is 0. The Bertz CT molecular complexity index is 581. The summed E-state index contributed by atoms with van der Waals surface area (Å²) in [4.78, 5) is 10.7. The first-order valence-corrected chi connectivity index (χ1v) is 7.08. The molecule has 0 aromatic heterocycles. The van der Waals surface area contributed by atoms with Crippen molar-refractivity contribution in [2.24, 2.45) is 0 Å². The number of ether oxygens (including phenoxy) is 2. The van der Waals surface area contributed by atoms with Gasteiger partial charge < -0.3 is 14.6 Å². The molecule has 0 radical (unpaired) electrons. The van der Waals surface area contributed by atoms with Crippen LogP contribution in [0, 0.1) is 3.57 Å². The Morgan fingerprint density at radius 1 is 1.00 bits per heavy atom. The van der Waals surface area contributed by atoms with E-state index in [4.69, 9.17) is 14.6 Å². The summed E-state index contributed by atoms with van der Waals surface area (Å²) in [5, 5.41) is 8.78. The molecule has 0 unspecified atom stereocenters. The molecule has 0 amide bonds. The van der Waals surface area contributed by atoms with E-state index in [0.717, 1.165) is 9.32 Å². The lowest BCUT2D eigenvalue weighted by molar-refractivity contribution is 0.0697. The standard InChI is InChI=1S/C15H13IO4/c16-13-3-1-2-4-14(13)20-10-9-19-12-7-5-11(6-8-12)15(17)18/h1-8H,9-10H2,(H,17,18). The van der Waals surface area contributed by atoms with Crippen LogP contribution in [-0.4, -0.2) is 24.3 Å². The Morgan fingerprint density at radius 2 is 1.65 bits per heavy atom. The van der Waals surface area contributed by atoms with Crippen LogP contribution in [0.15, 0.2) is 48.5 Å². The number of aromatic carboxylic acids is 1. The quantitative estimate of drug-likeness (QED) is 0.613. The molecule has 1 N–H and O–H groups in total. The molecule has 0 saturated carbocycles. The molecule has 2 aromatic rings. The number of para-hydroxylation sites is 1. The van der Waals surface area contributed by atoms with Crippen molar-refractivity contribution in [2.75, 3.05) is 13.2 Å². The van der Waals surface area contributed by atoms with Gasteiger partial charge in [-0.05, 0) is 59.0 Å². The average Bonchev–Trinajstić information content (AvgIpc) is 2.46. The Morgan fingerprint density at radius 3 is 2.30 bits per heavy atom. The smallest absolute Gasteiger partial charge is 0.335 e. The SMILES string of the molecule is O=C(O)c1ccc(OCCOc2ccccc2I)cc1. The topological polar surface area (TPSA) is 55.8 Å². The van der Waals surface area contributed by atoms with E-state index in [1.54, 1.807) is 12.1 Å². The van der Waals surface area contributed by atoms with Crippen molar-refractivity contribution in [3.05, 3.63) is 57.7 Å². The highest BCUT2D eigenvalue weighted by Crippen LogP contribution is 2.19. The third kappa shape index (κ3) is 4.12. The first-order valence-electron chi connectivity index (χ1n) is 6.00. The predicted molar refractivity (Wildman–Crippen MR) is 83.6 cm³/mol. The predicted octanol–water partition coefficient (Wildman–Crippen LogP) is 3.45. The van der Waals surface area contributed by atoms with Gasteiger partial charge in [0.25, 0.3) is 0 Å². The van der Waals surface area contributed by atoms with Gasteiger partial charge in [0.05, 0.1) is 9.13 Å². The highest BCUT2D eigenvalue weighted by molar-refractivity contribution is 14.1. The molecule has 104 valence electrons. The molecule has 0 aliphatic heterocycles. The van der Waals surface area contributed by atoms with E-state index in [2.05, 4.69) is 22.6 Å². The van der Waals surface area contributed by atoms with E-state index < -0.39 is 5.97 Å². The lowest BCUT2D eigenvalue weighted by atomic mass is 10.2. The van der Waals surface area contributed by atoms with Crippen LogP contribution in [0.25, 0.3) is 0 Å². The van der Waals surface area contributed by atoms with Gasteiger partial charge in [0.2, 0.25) is 0 Å². The summed E-state index contributed by atoms with van der Waals surface area (Å²) < 4.78 is 12.1. The second-order valence-corrected chi connectivity index (χ2v) is 5.12.